The van der Waals surface area contributed by atoms with Crippen LogP contribution in [0.3, 0.4) is 0 Å². The monoisotopic (exact) mass is 258 g/mol. The van der Waals surface area contributed by atoms with Gasteiger partial charge in [-0.2, -0.15) is 13.2 Å². The third-order valence-corrected chi connectivity index (χ3v) is 2.38. The molecule has 2 aromatic rings. The minimum atomic E-state index is -4.79. The topological polar surface area (TPSA) is 30.2 Å². The van der Waals surface area contributed by atoms with E-state index in [1.165, 1.54) is 12.3 Å². The minimum absolute atomic E-state index is 0.0691. The molecule has 1 aromatic heterocycles. The molecule has 0 saturated heterocycles. The number of rotatable bonds is 2. The zero-order valence-electron chi connectivity index (χ0n) is 8.79. The van der Waals surface area contributed by atoms with Gasteiger partial charge in [-0.1, -0.05) is 6.07 Å². The maximum atomic E-state index is 13.1. The lowest BCUT2D eigenvalue weighted by molar-refractivity contribution is -0.139. The Kier molecular flexibility index (Phi) is 2.94. The molecule has 0 atom stereocenters. The number of halogens is 4. The number of carbonyl (C=O) groups excluding carboxylic acids is 1. The Morgan fingerprint density at radius 2 is 1.89 bits per heavy atom. The molecule has 0 spiro atoms. The lowest BCUT2D eigenvalue weighted by Gasteiger charge is -2.09. The number of hydrogen-bond acceptors (Lipinski definition) is 2. The molecule has 18 heavy (non-hydrogen) atoms. The summed E-state index contributed by atoms with van der Waals surface area (Å²) in [5.41, 5.74) is -1.12. The molecule has 0 aliphatic rings. The van der Waals surface area contributed by atoms with Crippen molar-refractivity contribution in [2.45, 2.75) is 6.18 Å². The summed E-state index contributed by atoms with van der Waals surface area (Å²) < 4.78 is 55.4. The van der Waals surface area contributed by atoms with Crippen molar-refractivity contribution in [3.05, 3.63) is 47.7 Å². The average Bonchev–Trinajstić information content (AvgIpc) is 2.76. The second kappa shape index (κ2) is 4.29. The highest BCUT2D eigenvalue weighted by atomic mass is 19.4. The van der Waals surface area contributed by atoms with E-state index in [-0.39, 0.29) is 16.9 Å². The van der Waals surface area contributed by atoms with Crippen LogP contribution in [0.5, 0.6) is 0 Å². The Bertz CT molecular complexity index is 584. The van der Waals surface area contributed by atoms with E-state index in [2.05, 4.69) is 0 Å². The van der Waals surface area contributed by atoms with Crippen LogP contribution in [-0.2, 0) is 6.18 Å². The minimum Gasteiger partial charge on any atom is -0.461 e. The van der Waals surface area contributed by atoms with Crippen molar-refractivity contribution in [1.29, 1.82) is 0 Å². The summed E-state index contributed by atoms with van der Waals surface area (Å²) in [5, 5.41) is 0. The molecule has 0 amide bonds. The summed E-state index contributed by atoms with van der Waals surface area (Å²) >= 11 is 0. The number of carbonyl (C=O) groups is 1. The Morgan fingerprint density at radius 3 is 2.50 bits per heavy atom. The molecule has 94 valence electrons. The van der Waals surface area contributed by atoms with Gasteiger partial charge in [-0.15, -0.1) is 0 Å². The Hall–Kier alpha value is -2.11. The lowest BCUT2D eigenvalue weighted by atomic mass is 10.0. The van der Waals surface area contributed by atoms with Gasteiger partial charge in [-0.05, 0) is 23.8 Å². The molecule has 0 fully saturated rings. The molecule has 6 heteroatoms. The highest BCUT2D eigenvalue weighted by molar-refractivity contribution is 5.84. The Labute approximate surface area is 98.8 Å². The Morgan fingerprint density at radius 1 is 1.17 bits per heavy atom. The molecule has 0 unspecified atom stereocenters. The number of alkyl halides is 3. The quantitative estimate of drug-likeness (QED) is 0.603. The van der Waals surface area contributed by atoms with Crippen molar-refractivity contribution in [3.8, 4) is 11.1 Å². The van der Waals surface area contributed by atoms with Gasteiger partial charge in [-0.3, -0.25) is 4.79 Å². The molecule has 2 nitrogen and oxygen atoms in total. The molecule has 0 saturated carbocycles. The van der Waals surface area contributed by atoms with Gasteiger partial charge in [0.25, 0.3) is 0 Å². The van der Waals surface area contributed by atoms with Crippen LogP contribution >= 0.6 is 0 Å². The van der Waals surface area contributed by atoms with Gasteiger partial charge in [0.15, 0.2) is 12.0 Å². The van der Waals surface area contributed by atoms with E-state index in [0.29, 0.717) is 18.4 Å². The van der Waals surface area contributed by atoms with E-state index in [1.807, 2.05) is 0 Å². The van der Waals surface area contributed by atoms with E-state index < -0.39 is 17.6 Å². The molecule has 1 heterocycles. The Balaban J connectivity index is 2.58. The summed E-state index contributed by atoms with van der Waals surface area (Å²) in [4.78, 5) is 10.6. The zero-order valence-corrected chi connectivity index (χ0v) is 8.79. The van der Waals surface area contributed by atoms with Crippen LogP contribution in [-0.4, -0.2) is 6.29 Å². The van der Waals surface area contributed by atoms with Crippen molar-refractivity contribution >= 4 is 6.29 Å². The van der Waals surface area contributed by atoms with Crippen molar-refractivity contribution < 1.29 is 26.8 Å². The molecule has 0 radical (unpaired) electrons. The molecule has 2 rings (SSSR count). The normalized spacial score (nSPS) is 11.6. The zero-order chi connectivity index (χ0) is 13.3. The van der Waals surface area contributed by atoms with E-state index in [9.17, 15) is 22.4 Å². The fourth-order valence-corrected chi connectivity index (χ4v) is 1.56. The third kappa shape index (κ3) is 2.13. The highest BCUT2D eigenvalue weighted by Crippen LogP contribution is 2.35. The van der Waals surface area contributed by atoms with E-state index >= 15 is 0 Å². The van der Waals surface area contributed by atoms with Gasteiger partial charge < -0.3 is 4.42 Å². The van der Waals surface area contributed by atoms with Crippen LogP contribution in [0.1, 0.15) is 16.1 Å². The number of benzene rings is 1. The van der Waals surface area contributed by atoms with Crippen molar-refractivity contribution in [3.63, 3.8) is 0 Å². The van der Waals surface area contributed by atoms with E-state index in [1.54, 1.807) is 0 Å². The summed E-state index contributed by atoms with van der Waals surface area (Å²) in [6.45, 7) is 0. The van der Waals surface area contributed by atoms with Crippen LogP contribution in [0.15, 0.2) is 34.9 Å². The van der Waals surface area contributed by atoms with E-state index in [4.69, 9.17) is 4.42 Å². The maximum absolute atomic E-state index is 13.1. The van der Waals surface area contributed by atoms with Crippen LogP contribution in [0, 0.1) is 5.82 Å². The predicted molar refractivity (Wildman–Crippen MR) is 54.5 cm³/mol. The third-order valence-electron chi connectivity index (χ3n) is 2.38. The van der Waals surface area contributed by atoms with Gasteiger partial charge in [0.1, 0.15) is 5.82 Å². The fourth-order valence-electron chi connectivity index (χ4n) is 1.56. The van der Waals surface area contributed by atoms with Crippen LogP contribution in [0.25, 0.3) is 11.1 Å². The molecule has 0 bridgehead atoms. The van der Waals surface area contributed by atoms with Crippen LogP contribution in [0.4, 0.5) is 17.6 Å². The van der Waals surface area contributed by atoms with Gasteiger partial charge in [0, 0.05) is 5.56 Å². The van der Waals surface area contributed by atoms with Crippen molar-refractivity contribution in [1.82, 2.24) is 0 Å². The molecular weight excluding hydrogens is 252 g/mol. The number of furan rings is 1. The van der Waals surface area contributed by atoms with Crippen LogP contribution < -0.4 is 0 Å². The smallest absolute Gasteiger partial charge is 0.419 e. The van der Waals surface area contributed by atoms with Gasteiger partial charge in [-0.25, -0.2) is 4.39 Å². The average molecular weight is 258 g/mol. The fraction of sp³-hybridized carbons (Fsp3) is 0.0833. The van der Waals surface area contributed by atoms with Gasteiger partial charge in [0.2, 0.25) is 0 Å². The number of aldehydes is 1. The molecular formula is C12H6F4O2. The number of hydrogen-bond donors (Lipinski definition) is 0. The van der Waals surface area contributed by atoms with Crippen molar-refractivity contribution in [2.24, 2.45) is 0 Å². The highest BCUT2D eigenvalue weighted by Gasteiger charge is 2.34. The molecule has 0 N–H and O–H groups in total. The predicted octanol–water partition coefficient (Wildman–Crippen LogP) is 3.92. The molecule has 1 aromatic carbocycles. The van der Waals surface area contributed by atoms with Crippen molar-refractivity contribution in [2.75, 3.05) is 0 Å². The molecule has 0 aliphatic carbocycles. The van der Waals surface area contributed by atoms with Crippen LogP contribution in [0.2, 0.25) is 0 Å². The second-order valence-electron chi connectivity index (χ2n) is 3.51. The first-order valence-corrected chi connectivity index (χ1v) is 4.83. The first kappa shape index (κ1) is 12.3. The summed E-state index contributed by atoms with van der Waals surface area (Å²) in [7, 11) is 0. The second-order valence-corrected chi connectivity index (χ2v) is 3.51. The lowest BCUT2D eigenvalue weighted by Crippen LogP contribution is -2.08. The van der Waals surface area contributed by atoms with Gasteiger partial charge in [0.05, 0.1) is 11.8 Å². The summed E-state index contributed by atoms with van der Waals surface area (Å²) in [6.07, 6.45) is -3.23. The maximum Gasteiger partial charge on any atom is 0.419 e. The molecule has 0 aliphatic heterocycles. The first-order valence-electron chi connectivity index (χ1n) is 4.83. The largest absolute Gasteiger partial charge is 0.461 e. The standard InChI is InChI=1S/C12H6F4O2/c13-10-2-1-7(5-9(10)12(14,15)16)8-3-4-18-11(8)6-17/h1-6H. The first-order chi connectivity index (χ1) is 8.43. The summed E-state index contributed by atoms with van der Waals surface area (Å²) in [6, 6.07) is 3.85. The van der Waals surface area contributed by atoms with E-state index in [0.717, 1.165) is 6.07 Å². The SMILES string of the molecule is O=Cc1occc1-c1ccc(F)c(C(F)(F)F)c1. The summed E-state index contributed by atoms with van der Waals surface area (Å²) in [5.74, 6) is -1.46. The van der Waals surface area contributed by atoms with Gasteiger partial charge >= 0.3 is 6.18 Å².